The predicted octanol–water partition coefficient (Wildman–Crippen LogP) is 3.48. The van der Waals surface area contributed by atoms with Crippen molar-refractivity contribution in [3.05, 3.63) is 53.1 Å². The van der Waals surface area contributed by atoms with Gasteiger partial charge in [-0.25, -0.2) is 0 Å². The molecule has 36 heavy (non-hydrogen) atoms. The molecule has 0 saturated carbocycles. The van der Waals surface area contributed by atoms with E-state index in [-0.39, 0.29) is 11.3 Å². The molecule has 1 N–H and O–H groups in total. The van der Waals surface area contributed by atoms with Gasteiger partial charge < -0.3 is 33.9 Å². The van der Waals surface area contributed by atoms with E-state index in [1.165, 1.54) is 26.2 Å². The number of benzene rings is 2. The number of likely N-dealkylation sites (N-methyl/N-ethyl adjacent to an activating group) is 1. The average molecular weight is 499 g/mol. The lowest BCUT2D eigenvalue weighted by Gasteiger charge is -2.29. The number of likely N-dealkylation sites (tertiary alicyclic amines) is 1. The van der Waals surface area contributed by atoms with E-state index >= 15 is 0 Å². The second-order valence-corrected chi connectivity index (χ2v) is 8.21. The normalized spacial score (nSPS) is 17.0. The molecule has 0 aliphatic carbocycles. The first-order valence-electron chi connectivity index (χ1n) is 11.8. The van der Waals surface area contributed by atoms with Crippen molar-refractivity contribution in [2.45, 2.75) is 19.9 Å². The van der Waals surface area contributed by atoms with E-state index in [0.29, 0.717) is 47.2 Å². The zero-order chi connectivity index (χ0) is 26.4. The van der Waals surface area contributed by atoms with E-state index in [9.17, 15) is 14.7 Å². The summed E-state index contributed by atoms with van der Waals surface area (Å²) in [6, 6.07) is 9.19. The summed E-state index contributed by atoms with van der Waals surface area (Å²) in [6.07, 6.45) is 0. The lowest BCUT2D eigenvalue weighted by atomic mass is 9.94. The minimum Gasteiger partial charge on any atom is -0.507 e. The van der Waals surface area contributed by atoms with Gasteiger partial charge in [0, 0.05) is 18.7 Å². The third-order valence-electron chi connectivity index (χ3n) is 6.46. The van der Waals surface area contributed by atoms with Gasteiger partial charge in [0.1, 0.15) is 11.5 Å². The van der Waals surface area contributed by atoms with Crippen LogP contribution in [0.25, 0.3) is 5.76 Å². The molecule has 0 bridgehead atoms. The molecule has 2 aromatic rings. The topological polar surface area (TPSA) is 97.8 Å². The maximum atomic E-state index is 13.3. The number of aliphatic hydroxyl groups is 1. The van der Waals surface area contributed by atoms with Crippen molar-refractivity contribution in [2.75, 3.05) is 54.6 Å². The van der Waals surface area contributed by atoms with Crippen LogP contribution in [-0.4, -0.2) is 81.2 Å². The molecule has 194 valence electrons. The predicted molar refractivity (Wildman–Crippen MR) is 136 cm³/mol. The summed E-state index contributed by atoms with van der Waals surface area (Å²) in [5, 5.41) is 11.3. The number of nitrogens with zero attached hydrogens (tertiary/aromatic N) is 2. The van der Waals surface area contributed by atoms with E-state index in [4.69, 9.17) is 18.9 Å². The Morgan fingerprint density at radius 3 is 1.97 bits per heavy atom. The number of Topliss-reactive ketones (excluding diaryl/α,β-unsaturated/α-hetero) is 1. The highest BCUT2D eigenvalue weighted by Gasteiger charge is 2.46. The van der Waals surface area contributed by atoms with E-state index in [1.54, 1.807) is 43.5 Å². The highest BCUT2D eigenvalue weighted by Crippen LogP contribution is 2.45. The maximum Gasteiger partial charge on any atom is 0.295 e. The summed E-state index contributed by atoms with van der Waals surface area (Å²) in [7, 11) is 6.03. The van der Waals surface area contributed by atoms with Crippen LogP contribution in [0.4, 0.5) is 0 Å². The standard InChI is InChI=1S/C27H34N2O7/c1-7-28(8-2)13-14-29-23(18-15-20(34-4)26(36-6)21(16-18)35-5)22(25(31)27(29)32)24(30)17-9-11-19(33-3)12-10-17/h9-12,15-16,23,30H,7-8,13-14H2,1-6H3/b24-22-. The minimum absolute atomic E-state index is 0.000938. The summed E-state index contributed by atoms with van der Waals surface area (Å²) in [6.45, 7) is 6.56. The first kappa shape index (κ1) is 26.9. The van der Waals surface area contributed by atoms with Crippen molar-refractivity contribution in [3.8, 4) is 23.0 Å². The molecule has 9 nitrogen and oxygen atoms in total. The molecule has 1 atom stereocenters. The number of carbonyl (C=O) groups is 2. The van der Waals surface area contributed by atoms with Crippen LogP contribution in [0.2, 0.25) is 0 Å². The Balaban J connectivity index is 2.21. The van der Waals surface area contributed by atoms with Crippen LogP contribution in [-0.2, 0) is 9.59 Å². The molecule has 1 aliphatic heterocycles. The Hall–Kier alpha value is -3.72. The molecule has 9 heteroatoms. The van der Waals surface area contributed by atoms with Crippen LogP contribution >= 0.6 is 0 Å². The Morgan fingerprint density at radius 1 is 0.917 bits per heavy atom. The summed E-state index contributed by atoms with van der Waals surface area (Å²) >= 11 is 0. The number of carbonyl (C=O) groups excluding carboxylic acids is 2. The number of hydrogen-bond donors (Lipinski definition) is 1. The number of amides is 1. The van der Waals surface area contributed by atoms with Crippen LogP contribution in [0.3, 0.4) is 0 Å². The lowest BCUT2D eigenvalue weighted by Crippen LogP contribution is -2.38. The number of ether oxygens (including phenoxy) is 4. The molecule has 2 aromatic carbocycles. The first-order chi connectivity index (χ1) is 17.3. The van der Waals surface area contributed by atoms with Gasteiger partial charge in [0.25, 0.3) is 11.7 Å². The molecule has 0 aromatic heterocycles. The van der Waals surface area contributed by atoms with Crippen LogP contribution in [0.5, 0.6) is 23.0 Å². The average Bonchev–Trinajstić information content (AvgIpc) is 3.17. The third-order valence-corrected chi connectivity index (χ3v) is 6.46. The highest BCUT2D eigenvalue weighted by atomic mass is 16.5. The maximum absolute atomic E-state index is 13.3. The van der Waals surface area contributed by atoms with E-state index in [1.807, 2.05) is 13.8 Å². The second-order valence-electron chi connectivity index (χ2n) is 8.21. The summed E-state index contributed by atoms with van der Waals surface area (Å²) in [5.41, 5.74) is 0.951. The van der Waals surface area contributed by atoms with Gasteiger partial charge in [-0.2, -0.15) is 0 Å². The fourth-order valence-corrected chi connectivity index (χ4v) is 4.41. The van der Waals surface area contributed by atoms with Crippen molar-refractivity contribution in [2.24, 2.45) is 0 Å². The number of ketones is 1. The van der Waals surface area contributed by atoms with Gasteiger partial charge >= 0.3 is 0 Å². The Bertz CT molecular complexity index is 1100. The van der Waals surface area contributed by atoms with Crippen molar-refractivity contribution in [1.82, 2.24) is 9.80 Å². The van der Waals surface area contributed by atoms with Gasteiger partial charge in [-0.05, 0) is 55.1 Å². The van der Waals surface area contributed by atoms with Gasteiger partial charge in [0.05, 0.1) is 40.1 Å². The lowest BCUT2D eigenvalue weighted by molar-refractivity contribution is -0.140. The number of aliphatic hydroxyl groups excluding tert-OH is 1. The fraction of sp³-hybridized carbons (Fsp3) is 0.407. The second kappa shape index (κ2) is 11.8. The van der Waals surface area contributed by atoms with E-state index in [0.717, 1.165) is 13.1 Å². The molecule has 1 unspecified atom stereocenters. The smallest absolute Gasteiger partial charge is 0.295 e. The third kappa shape index (κ3) is 5.11. The molecular weight excluding hydrogens is 464 g/mol. The van der Waals surface area contributed by atoms with Gasteiger partial charge in [-0.3, -0.25) is 9.59 Å². The fourth-order valence-electron chi connectivity index (χ4n) is 4.41. The summed E-state index contributed by atoms with van der Waals surface area (Å²) in [5.74, 6) is 0.0698. The molecule has 0 spiro atoms. The zero-order valence-corrected chi connectivity index (χ0v) is 21.7. The van der Waals surface area contributed by atoms with E-state index < -0.39 is 17.7 Å². The first-order valence-corrected chi connectivity index (χ1v) is 11.8. The monoisotopic (exact) mass is 498 g/mol. The summed E-state index contributed by atoms with van der Waals surface area (Å²) in [4.78, 5) is 30.2. The summed E-state index contributed by atoms with van der Waals surface area (Å²) < 4.78 is 21.7. The van der Waals surface area contributed by atoms with Crippen LogP contribution < -0.4 is 18.9 Å². The van der Waals surface area contributed by atoms with Crippen molar-refractivity contribution < 1.29 is 33.6 Å². The number of rotatable bonds is 11. The number of methoxy groups -OCH3 is 4. The molecule has 0 radical (unpaired) electrons. The van der Waals surface area contributed by atoms with Gasteiger partial charge in [0.15, 0.2) is 11.5 Å². The van der Waals surface area contributed by atoms with Crippen molar-refractivity contribution in [1.29, 1.82) is 0 Å². The molecular formula is C27H34N2O7. The van der Waals surface area contributed by atoms with Crippen molar-refractivity contribution in [3.63, 3.8) is 0 Å². The molecule has 1 heterocycles. The van der Waals surface area contributed by atoms with Crippen LogP contribution in [0.15, 0.2) is 42.0 Å². The Labute approximate surface area is 211 Å². The Kier molecular flexibility index (Phi) is 8.82. The zero-order valence-electron chi connectivity index (χ0n) is 21.7. The van der Waals surface area contributed by atoms with Crippen LogP contribution in [0.1, 0.15) is 31.0 Å². The van der Waals surface area contributed by atoms with E-state index in [2.05, 4.69) is 4.90 Å². The Morgan fingerprint density at radius 2 is 1.50 bits per heavy atom. The van der Waals surface area contributed by atoms with Crippen molar-refractivity contribution >= 4 is 17.4 Å². The largest absolute Gasteiger partial charge is 0.507 e. The quantitative estimate of drug-likeness (QED) is 0.286. The molecule has 3 rings (SSSR count). The van der Waals surface area contributed by atoms with Gasteiger partial charge in [-0.15, -0.1) is 0 Å². The van der Waals surface area contributed by atoms with Gasteiger partial charge in [-0.1, -0.05) is 13.8 Å². The van der Waals surface area contributed by atoms with Crippen LogP contribution in [0, 0.1) is 0 Å². The number of hydrogen-bond acceptors (Lipinski definition) is 8. The highest BCUT2D eigenvalue weighted by molar-refractivity contribution is 6.46. The SMILES string of the molecule is CCN(CC)CCN1C(=O)C(=O)/C(=C(\O)c2ccc(OC)cc2)C1c1cc(OC)c(OC)c(OC)c1. The molecule has 1 saturated heterocycles. The van der Waals surface area contributed by atoms with Gasteiger partial charge in [0.2, 0.25) is 5.75 Å². The molecule has 1 aliphatic rings. The minimum atomic E-state index is -0.851. The molecule has 1 amide bonds. The molecule has 1 fully saturated rings.